The van der Waals surface area contributed by atoms with Crippen molar-refractivity contribution in [2.24, 2.45) is 5.84 Å². The van der Waals surface area contributed by atoms with Gasteiger partial charge in [-0.1, -0.05) is 18.2 Å². The van der Waals surface area contributed by atoms with Gasteiger partial charge in [-0.3, -0.25) is 9.80 Å². The highest BCUT2D eigenvalue weighted by Crippen LogP contribution is 2.21. The molecular formula is C13H12N2O. The maximum Gasteiger partial charge on any atom is 0.150 e. The number of carbonyl (C=O) groups is 1. The van der Waals surface area contributed by atoms with Crippen molar-refractivity contribution in [3.05, 3.63) is 60.2 Å². The van der Waals surface area contributed by atoms with Crippen molar-refractivity contribution in [1.82, 2.24) is 0 Å². The lowest BCUT2D eigenvalue weighted by Crippen LogP contribution is -2.24. The molecule has 0 aliphatic rings. The number of hydrogen-bond donors (Lipinski definition) is 1. The summed E-state index contributed by atoms with van der Waals surface area (Å²) in [5.41, 5.74) is 2.39. The van der Waals surface area contributed by atoms with Crippen LogP contribution in [0.5, 0.6) is 0 Å². The van der Waals surface area contributed by atoms with Crippen LogP contribution in [0.1, 0.15) is 10.4 Å². The van der Waals surface area contributed by atoms with Gasteiger partial charge in [-0.25, -0.2) is 5.84 Å². The lowest BCUT2D eigenvalue weighted by atomic mass is 10.2. The first-order valence-corrected chi connectivity index (χ1v) is 4.96. The van der Waals surface area contributed by atoms with Crippen LogP contribution in [0.15, 0.2) is 54.6 Å². The van der Waals surface area contributed by atoms with Gasteiger partial charge in [-0.15, -0.1) is 0 Å². The van der Waals surface area contributed by atoms with Gasteiger partial charge in [0, 0.05) is 5.56 Å². The molecule has 0 unspecified atom stereocenters. The minimum atomic E-state index is 0.644. The summed E-state index contributed by atoms with van der Waals surface area (Å²) in [6, 6.07) is 16.8. The molecule has 2 aromatic rings. The third-order valence-electron chi connectivity index (χ3n) is 2.34. The molecule has 0 aromatic heterocycles. The van der Waals surface area contributed by atoms with E-state index < -0.39 is 0 Å². The minimum absolute atomic E-state index is 0.644. The van der Waals surface area contributed by atoms with Crippen LogP contribution in [0.4, 0.5) is 11.4 Å². The van der Waals surface area contributed by atoms with Crippen molar-refractivity contribution < 1.29 is 4.79 Å². The molecule has 2 aromatic carbocycles. The number of nitrogens with zero attached hydrogens (tertiary/aromatic N) is 1. The summed E-state index contributed by atoms with van der Waals surface area (Å²) in [7, 11) is 0. The summed E-state index contributed by atoms with van der Waals surface area (Å²) in [5, 5.41) is 1.58. The third kappa shape index (κ3) is 2.10. The van der Waals surface area contributed by atoms with Crippen molar-refractivity contribution in [1.29, 1.82) is 0 Å². The van der Waals surface area contributed by atoms with Crippen LogP contribution >= 0.6 is 0 Å². The predicted octanol–water partition coefficient (Wildman–Crippen LogP) is 2.51. The molecule has 2 N–H and O–H groups in total. The first-order chi connectivity index (χ1) is 7.81. The van der Waals surface area contributed by atoms with Crippen molar-refractivity contribution in [2.45, 2.75) is 0 Å². The van der Waals surface area contributed by atoms with Crippen molar-refractivity contribution in [3.8, 4) is 0 Å². The summed E-state index contributed by atoms with van der Waals surface area (Å²) >= 11 is 0. The average molecular weight is 212 g/mol. The van der Waals surface area contributed by atoms with E-state index in [1.807, 2.05) is 42.5 Å². The van der Waals surface area contributed by atoms with Gasteiger partial charge in [-0.2, -0.15) is 0 Å². The number of nitrogens with two attached hydrogens (primary N) is 1. The van der Waals surface area contributed by atoms with Gasteiger partial charge in [0.15, 0.2) is 0 Å². The maximum atomic E-state index is 10.5. The molecule has 0 aliphatic heterocycles. The first-order valence-electron chi connectivity index (χ1n) is 4.96. The highest BCUT2D eigenvalue weighted by molar-refractivity contribution is 5.76. The second-order valence-electron chi connectivity index (χ2n) is 3.41. The molecule has 80 valence electrons. The Morgan fingerprint density at radius 3 is 2.00 bits per heavy atom. The molecule has 3 heteroatoms. The van der Waals surface area contributed by atoms with Gasteiger partial charge in [0.2, 0.25) is 0 Å². The summed E-state index contributed by atoms with van der Waals surface area (Å²) in [6.45, 7) is 0. The Morgan fingerprint density at radius 2 is 1.44 bits per heavy atom. The Labute approximate surface area is 94.1 Å². The van der Waals surface area contributed by atoms with Crippen LogP contribution in [0.3, 0.4) is 0 Å². The van der Waals surface area contributed by atoms with Gasteiger partial charge in [0.1, 0.15) is 6.29 Å². The lowest BCUT2D eigenvalue weighted by molar-refractivity contribution is 0.112. The molecule has 0 amide bonds. The quantitative estimate of drug-likeness (QED) is 0.483. The zero-order valence-electron chi connectivity index (χ0n) is 8.71. The molecule has 0 bridgehead atoms. The molecule has 0 spiro atoms. The lowest BCUT2D eigenvalue weighted by Gasteiger charge is -2.18. The van der Waals surface area contributed by atoms with Crippen LogP contribution in [-0.2, 0) is 0 Å². The van der Waals surface area contributed by atoms with Gasteiger partial charge < -0.3 is 0 Å². The van der Waals surface area contributed by atoms with E-state index in [0.717, 1.165) is 17.7 Å². The van der Waals surface area contributed by atoms with Gasteiger partial charge in [0.25, 0.3) is 0 Å². The Balaban J connectivity index is 2.27. The van der Waals surface area contributed by atoms with Gasteiger partial charge >= 0.3 is 0 Å². The summed E-state index contributed by atoms with van der Waals surface area (Å²) in [5.74, 6) is 5.95. The second kappa shape index (κ2) is 4.59. The molecule has 2 rings (SSSR count). The molecule has 16 heavy (non-hydrogen) atoms. The highest BCUT2D eigenvalue weighted by Gasteiger charge is 2.03. The van der Waals surface area contributed by atoms with Crippen molar-refractivity contribution >= 4 is 17.7 Å². The standard InChI is InChI=1S/C13H12N2O/c14-15(12-4-2-1-3-5-12)13-8-6-11(10-16)7-9-13/h1-10H,14H2. The molecule has 0 radical (unpaired) electrons. The number of carbonyl (C=O) groups excluding carboxylic acids is 1. The number of aldehydes is 1. The van der Waals surface area contributed by atoms with Crippen LogP contribution < -0.4 is 10.9 Å². The van der Waals surface area contributed by atoms with Crippen LogP contribution in [0, 0.1) is 0 Å². The van der Waals surface area contributed by atoms with Gasteiger partial charge in [-0.05, 0) is 36.4 Å². The largest absolute Gasteiger partial charge is 0.298 e. The van der Waals surface area contributed by atoms with E-state index in [9.17, 15) is 4.79 Å². The second-order valence-corrected chi connectivity index (χ2v) is 3.41. The fourth-order valence-corrected chi connectivity index (χ4v) is 1.45. The van der Waals surface area contributed by atoms with Crippen LogP contribution in [-0.4, -0.2) is 6.29 Å². The number of benzene rings is 2. The van der Waals surface area contributed by atoms with E-state index in [0.29, 0.717) is 5.56 Å². The molecule has 0 atom stereocenters. The van der Waals surface area contributed by atoms with E-state index in [2.05, 4.69) is 0 Å². The molecule has 0 heterocycles. The average Bonchev–Trinajstić information content (AvgIpc) is 2.39. The number of hydrogen-bond acceptors (Lipinski definition) is 3. The van der Waals surface area contributed by atoms with Gasteiger partial charge in [0.05, 0.1) is 11.4 Å². The van der Waals surface area contributed by atoms with Crippen molar-refractivity contribution in [3.63, 3.8) is 0 Å². The normalized spacial score (nSPS) is 9.81. The van der Waals surface area contributed by atoms with E-state index in [4.69, 9.17) is 5.84 Å². The van der Waals surface area contributed by atoms with E-state index in [1.54, 1.807) is 17.1 Å². The molecule has 3 nitrogen and oxygen atoms in total. The van der Waals surface area contributed by atoms with E-state index in [-0.39, 0.29) is 0 Å². The zero-order valence-corrected chi connectivity index (χ0v) is 8.71. The summed E-state index contributed by atoms with van der Waals surface area (Å²) in [6.07, 6.45) is 0.813. The molecular weight excluding hydrogens is 200 g/mol. The maximum absolute atomic E-state index is 10.5. The topological polar surface area (TPSA) is 46.3 Å². The molecule has 0 aliphatic carbocycles. The molecule has 0 fully saturated rings. The number of para-hydroxylation sites is 1. The van der Waals surface area contributed by atoms with E-state index >= 15 is 0 Å². The Kier molecular flexibility index (Phi) is 2.98. The molecule has 0 saturated carbocycles. The first kappa shape index (κ1) is 10.4. The monoisotopic (exact) mass is 212 g/mol. The smallest absolute Gasteiger partial charge is 0.150 e. The van der Waals surface area contributed by atoms with Crippen LogP contribution in [0.25, 0.3) is 0 Å². The van der Waals surface area contributed by atoms with E-state index in [1.165, 1.54) is 0 Å². The zero-order chi connectivity index (χ0) is 11.4. The fourth-order valence-electron chi connectivity index (χ4n) is 1.45. The Bertz CT molecular complexity index is 465. The Hall–Kier alpha value is -2.13. The summed E-state index contributed by atoms with van der Waals surface area (Å²) < 4.78 is 0. The highest BCUT2D eigenvalue weighted by atomic mass is 16.1. The Morgan fingerprint density at radius 1 is 0.875 bits per heavy atom. The predicted molar refractivity (Wildman–Crippen MR) is 64.6 cm³/mol. The summed E-state index contributed by atoms with van der Waals surface area (Å²) in [4.78, 5) is 10.5. The number of hydrazine groups is 1. The minimum Gasteiger partial charge on any atom is -0.298 e. The number of anilines is 2. The third-order valence-corrected chi connectivity index (χ3v) is 2.34. The fraction of sp³-hybridized carbons (Fsp3) is 0. The molecule has 0 saturated heterocycles. The van der Waals surface area contributed by atoms with Crippen LogP contribution in [0.2, 0.25) is 0 Å². The number of rotatable bonds is 3. The SMILES string of the molecule is NN(c1ccccc1)c1ccc(C=O)cc1. The van der Waals surface area contributed by atoms with Crippen molar-refractivity contribution in [2.75, 3.05) is 5.01 Å².